The molecule has 0 radical (unpaired) electrons. The first-order valence-electron chi connectivity index (χ1n) is 4.82. The lowest BCUT2D eigenvalue weighted by atomic mass is 10.3. The van der Waals surface area contributed by atoms with Crippen molar-refractivity contribution in [1.29, 1.82) is 0 Å². The molecule has 110 valence electrons. The maximum atomic E-state index is 12.6. The number of carboxylic acid groups (broad SMARTS) is 1. The molecular formula is C9H6F4N2O5. The van der Waals surface area contributed by atoms with Gasteiger partial charge in [0, 0.05) is 6.07 Å². The van der Waals surface area contributed by atoms with Crippen molar-refractivity contribution in [2.24, 2.45) is 0 Å². The molecule has 1 heterocycles. The highest BCUT2D eigenvalue weighted by Gasteiger charge is 2.42. The number of aromatic nitrogens is 1. The molecule has 1 N–H and O–H groups in total. The average molecular weight is 298 g/mol. The van der Waals surface area contributed by atoms with Gasteiger partial charge in [-0.2, -0.15) is 8.78 Å². The summed E-state index contributed by atoms with van der Waals surface area (Å²) in [6.45, 7) is -1.87. The van der Waals surface area contributed by atoms with Crippen molar-refractivity contribution in [1.82, 2.24) is 4.98 Å². The van der Waals surface area contributed by atoms with E-state index in [-0.39, 0.29) is 0 Å². The standard InChI is InChI=1S/C9H6F4N2O5/c10-8(11)9(12,13)3-20-6-5(15(18)19)2-1-4(14-6)7(16)17/h1-2,8H,3H2,(H,16,17). The molecule has 0 saturated heterocycles. The molecule has 0 saturated carbocycles. The van der Waals surface area contributed by atoms with Crippen LogP contribution in [0.4, 0.5) is 23.2 Å². The van der Waals surface area contributed by atoms with Crippen molar-refractivity contribution >= 4 is 11.7 Å². The molecule has 0 aliphatic carbocycles. The zero-order chi connectivity index (χ0) is 15.5. The predicted molar refractivity (Wildman–Crippen MR) is 54.3 cm³/mol. The molecule has 0 atom stereocenters. The summed E-state index contributed by atoms with van der Waals surface area (Å²) in [5.74, 6) is -7.21. The van der Waals surface area contributed by atoms with Crippen LogP contribution in [0.5, 0.6) is 5.88 Å². The SMILES string of the molecule is O=C(O)c1ccc([N+](=O)[O-])c(OCC(F)(F)C(F)F)n1. The fraction of sp³-hybridized carbons (Fsp3) is 0.333. The normalized spacial score (nSPS) is 11.4. The Kier molecular flexibility index (Phi) is 4.42. The van der Waals surface area contributed by atoms with Crippen LogP contribution in [0.2, 0.25) is 0 Å². The number of alkyl halides is 4. The van der Waals surface area contributed by atoms with Crippen molar-refractivity contribution in [3.8, 4) is 5.88 Å². The van der Waals surface area contributed by atoms with Gasteiger partial charge in [0.1, 0.15) is 0 Å². The second-order valence-corrected chi connectivity index (χ2v) is 3.43. The van der Waals surface area contributed by atoms with Gasteiger partial charge in [0.25, 0.3) is 5.88 Å². The van der Waals surface area contributed by atoms with Crippen molar-refractivity contribution in [3.05, 3.63) is 27.9 Å². The molecule has 0 fully saturated rings. The number of halogens is 4. The van der Waals surface area contributed by atoms with Crippen LogP contribution in [-0.4, -0.2) is 39.9 Å². The van der Waals surface area contributed by atoms with E-state index in [4.69, 9.17) is 5.11 Å². The highest BCUT2D eigenvalue weighted by Crippen LogP contribution is 2.28. The summed E-state index contributed by atoms with van der Waals surface area (Å²) in [4.78, 5) is 23.2. The maximum Gasteiger partial charge on any atom is 0.354 e. The fourth-order valence-electron chi connectivity index (χ4n) is 1.02. The lowest BCUT2D eigenvalue weighted by Crippen LogP contribution is -2.34. The zero-order valence-corrected chi connectivity index (χ0v) is 9.43. The highest BCUT2D eigenvalue weighted by molar-refractivity contribution is 5.85. The van der Waals surface area contributed by atoms with E-state index in [0.717, 1.165) is 6.07 Å². The van der Waals surface area contributed by atoms with E-state index in [9.17, 15) is 32.5 Å². The number of hydrogen-bond acceptors (Lipinski definition) is 5. The first-order chi connectivity index (χ1) is 9.15. The van der Waals surface area contributed by atoms with Crippen molar-refractivity contribution in [2.45, 2.75) is 12.3 Å². The Morgan fingerprint density at radius 2 is 2.10 bits per heavy atom. The number of pyridine rings is 1. The van der Waals surface area contributed by atoms with Gasteiger partial charge in [0.15, 0.2) is 12.3 Å². The summed E-state index contributed by atoms with van der Waals surface area (Å²) in [7, 11) is 0. The van der Waals surface area contributed by atoms with Gasteiger partial charge < -0.3 is 9.84 Å². The molecule has 11 heteroatoms. The van der Waals surface area contributed by atoms with Crippen LogP contribution < -0.4 is 4.74 Å². The molecule has 0 aliphatic rings. The maximum absolute atomic E-state index is 12.6. The monoisotopic (exact) mass is 298 g/mol. The van der Waals surface area contributed by atoms with Gasteiger partial charge in [-0.3, -0.25) is 10.1 Å². The molecule has 0 aromatic carbocycles. The van der Waals surface area contributed by atoms with Crippen LogP contribution in [0, 0.1) is 10.1 Å². The second kappa shape index (κ2) is 5.67. The quantitative estimate of drug-likeness (QED) is 0.489. The third kappa shape index (κ3) is 3.52. The van der Waals surface area contributed by atoms with Gasteiger partial charge in [0.05, 0.1) is 4.92 Å². The van der Waals surface area contributed by atoms with Crippen LogP contribution >= 0.6 is 0 Å². The van der Waals surface area contributed by atoms with Gasteiger partial charge in [0.2, 0.25) is 0 Å². The predicted octanol–water partition coefficient (Wildman–Crippen LogP) is 1.97. The number of carboxylic acids is 1. The number of aromatic carboxylic acids is 1. The molecule has 0 spiro atoms. The Bertz CT molecular complexity index is 537. The largest absolute Gasteiger partial charge is 0.477 e. The summed E-state index contributed by atoms with van der Waals surface area (Å²) in [5.41, 5.74) is -1.63. The first-order valence-corrected chi connectivity index (χ1v) is 4.82. The van der Waals surface area contributed by atoms with Gasteiger partial charge in [-0.25, -0.2) is 18.6 Å². The van der Waals surface area contributed by atoms with E-state index in [1.807, 2.05) is 0 Å². The molecule has 20 heavy (non-hydrogen) atoms. The second-order valence-electron chi connectivity index (χ2n) is 3.43. The van der Waals surface area contributed by atoms with E-state index in [1.54, 1.807) is 0 Å². The number of rotatable bonds is 6. The van der Waals surface area contributed by atoms with Gasteiger partial charge in [-0.05, 0) is 6.07 Å². The molecule has 1 aromatic heterocycles. The minimum absolute atomic E-state index is 0.659. The zero-order valence-electron chi connectivity index (χ0n) is 9.43. The van der Waals surface area contributed by atoms with E-state index < -0.39 is 47.1 Å². The molecule has 0 aliphatic heterocycles. The number of hydrogen-bond donors (Lipinski definition) is 1. The van der Waals surface area contributed by atoms with E-state index in [1.165, 1.54) is 0 Å². The molecule has 0 bridgehead atoms. The van der Waals surface area contributed by atoms with E-state index in [2.05, 4.69) is 9.72 Å². The lowest BCUT2D eigenvalue weighted by Gasteiger charge is -2.15. The molecule has 1 aromatic rings. The molecule has 7 nitrogen and oxygen atoms in total. The topological polar surface area (TPSA) is 103 Å². The van der Waals surface area contributed by atoms with Crippen molar-refractivity contribution in [2.75, 3.05) is 6.61 Å². The summed E-state index contributed by atoms with van der Waals surface area (Å²) >= 11 is 0. The minimum atomic E-state index is -4.55. The third-order valence-corrected chi connectivity index (χ3v) is 1.98. The summed E-state index contributed by atoms with van der Waals surface area (Å²) in [6, 6.07) is 1.41. The van der Waals surface area contributed by atoms with Gasteiger partial charge in [-0.15, -0.1) is 0 Å². The van der Waals surface area contributed by atoms with Gasteiger partial charge >= 0.3 is 24.0 Å². The van der Waals surface area contributed by atoms with Crippen LogP contribution in [0.1, 0.15) is 10.5 Å². The molecule has 0 amide bonds. The van der Waals surface area contributed by atoms with Crippen LogP contribution in [0.25, 0.3) is 0 Å². The average Bonchev–Trinajstić information content (AvgIpc) is 2.35. The van der Waals surface area contributed by atoms with Crippen LogP contribution in [0.15, 0.2) is 12.1 Å². The third-order valence-electron chi connectivity index (χ3n) is 1.98. The molecule has 0 unspecified atom stereocenters. The Labute approximate surface area is 107 Å². The fourth-order valence-corrected chi connectivity index (χ4v) is 1.02. The summed E-state index contributed by atoms with van der Waals surface area (Å²) in [6.07, 6.45) is -4.04. The Morgan fingerprint density at radius 3 is 2.55 bits per heavy atom. The molecular weight excluding hydrogens is 292 g/mol. The highest BCUT2D eigenvalue weighted by atomic mass is 19.3. The van der Waals surface area contributed by atoms with Crippen LogP contribution in [-0.2, 0) is 0 Å². The van der Waals surface area contributed by atoms with Crippen molar-refractivity contribution < 1.29 is 37.1 Å². The lowest BCUT2D eigenvalue weighted by molar-refractivity contribution is -0.386. The number of ether oxygens (including phenoxy) is 1. The van der Waals surface area contributed by atoms with Crippen molar-refractivity contribution in [3.63, 3.8) is 0 Å². The number of nitro groups is 1. The Hall–Kier alpha value is -2.46. The van der Waals surface area contributed by atoms with E-state index >= 15 is 0 Å². The number of carbonyl (C=O) groups is 1. The smallest absolute Gasteiger partial charge is 0.354 e. The Balaban J connectivity index is 3.05. The Morgan fingerprint density at radius 1 is 1.50 bits per heavy atom. The number of nitrogens with zero attached hydrogens (tertiary/aromatic N) is 2. The van der Waals surface area contributed by atoms with Crippen LogP contribution in [0.3, 0.4) is 0 Å². The molecule has 1 rings (SSSR count). The van der Waals surface area contributed by atoms with Gasteiger partial charge in [-0.1, -0.05) is 0 Å². The summed E-state index contributed by atoms with van der Waals surface area (Å²) < 4.78 is 53.2. The van der Waals surface area contributed by atoms with E-state index in [0.29, 0.717) is 6.07 Å². The first kappa shape index (κ1) is 15.6. The minimum Gasteiger partial charge on any atom is -0.477 e. The summed E-state index contributed by atoms with van der Waals surface area (Å²) in [5, 5.41) is 19.2.